The zero-order chi connectivity index (χ0) is 12.4. The van der Waals surface area contributed by atoms with Gasteiger partial charge in [0, 0.05) is 18.8 Å². The Hall–Kier alpha value is -2.08. The topological polar surface area (TPSA) is 99.7 Å². The van der Waals surface area contributed by atoms with Crippen molar-refractivity contribution in [2.45, 2.75) is 6.92 Å². The van der Waals surface area contributed by atoms with Gasteiger partial charge in [-0.1, -0.05) is 12.7 Å². The van der Waals surface area contributed by atoms with Crippen LogP contribution in [0.5, 0.6) is 0 Å². The lowest BCUT2D eigenvalue weighted by Gasteiger charge is -2.05. The van der Waals surface area contributed by atoms with Gasteiger partial charge in [-0.05, 0) is 13.0 Å². The van der Waals surface area contributed by atoms with Gasteiger partial charge in [0.15, 0.2) is 0 Å². The molecule has 0 rings (SSSR count). The highest BCUT2D eigenvalue weighted by Crippen LogP contribution is 1.96. The smallest absolute Gasteiger partial charge is 0.267 e. The maximum absolute atomic E-state index is 10.6. The molecule has 0 atom stereocenters. The molecule has 0 aromatic rings. The van der Waals surface area contributed by atoms with Crippen LogP contribution in [-0.2, 0) is 4.79 Å². The number of hydroxylamine groups is 1. The molecule has 88 valence electrons. The van der Waals surface area contributed by atoms with Crippen LogP contribution in [0.2, 0.25) is 0 Å². The standard InChI is InChI=1S/C10H16N4O2/c1-3-8(10(11)12-4-2)13-7-5-6-9(15)14-16/h3-6,13,16H,1,7,11H2,2H3,(H,14,15)/b6-5+,10-8+,12-4-. The van der Waals surface area contributed by atoms with Crippen molar-refractivity contribution in [2.75, 3.05) is 6.54 Å². The van der Waals surface area contributed by atoms with Gasteiger partial charge < -0.3 is 11.1 Å². The van der Waals surface area contributed by atoms with Crippen molar-refractivity contribution >= 4 is 12.1 Å². The molecule has 0 heterocycles. The number of hydrogen-bond acceptors (Lipinski definition) is 5. The summed E-state index contributed by atoms with van der Waals surface area (Å²) in [5, 5.41) is 11.1. The van der Waals surface area contributed by atoms with E-state index in [1.165, 1.54) is 23.7 Å². The summed E-state index contributed by atoms with van der Waals surface area (Å²) >= 11 is 0. The molecule has 0 aliphatic carbocycles. The van der Waals surface area contributed by atoms with Gasteiger partial charge in [-0.25, -0.2) is 10.5 Å². The fourth-order valence-electron chi connectivity index (χ4n) is 0.848. The van der Waals surface area contributed by atoms with Crippen molar-refractivity contribution in [1.82, 2.24) is 10.8 Å². The van der Waals surface area contributed by atoms with E-state index in [4.69, 9.17) is 10.9 Å². The average Bonchev–Trinajstić information content (AvgIpc) is 2.29. The first-order chi connectivity index (χ1) is 7.65. The van der Waals surface area contributed by atoms with Crippen LogP contribution >= 0.6 is 0 Å². The average molecular weight is 224 g/mol. The van der Waals surface area contributed by atoms with Gasteiger partial charge in [0.1, 0.15) is 5.82 Å². The second kappa shape index (κ2) is 8.25. The number of allylic oxidation sites excluding steroid dienone is 1. The van der Waals surface area contributed by atoms with Gasteiger partial charge in [0.25, 0.3) is 5.91 Å². The number of nitrogens with one attached hydrogen (secondary N) is 2. The summed E-state index contributed by atoms with van der Waals surface area (Å²) in [5.41, 5.74) is 7.66. The molecule has 5 N–H and O–H groups in total. The van der Waals surface area contributed by atoms with Gasteiger partial charge >= 0.3 is 0 Å². The highest BCUT2D eigenvalue weighted by Gasteiger charge is 1.95. The normalized spacial score (nSPS) is 12.6. The third-order valence-corrected chi connectivity index (χ3v) is 1.54. The first-order valence-electron chi connectivity index (χ1n) is 4.61. The Labute approximate surface area is 94.2 Å². The molecule has 0 fully saturated rings. The Morgan fingerprint density at radius 2 is 2.31 bits per heavy atom. The highest BCUT2D eigenvalue weighted by atomic mass is 16.5. The number of rotatable bonds is 6. The molecule has 0 radical (unpaired) electrons. The maximum atomic E-state index is 10.6. The van der Waals surface area contributed by atoms with Crippen LogP contribution in [0.4, 0.5) is 0 Å². The summed E-state index contributed by atoms with van der Waals surface area (Å²) in [7, 11) is 0. The molecule has 0 aliphatic rings. The Morgan fingerprint density at radius 3 is 2.81 bits per heavy atom. The second-order valence-electron chi connectivity index (χ2n) is 2.65. The molecule has 0 aliphatic heterocycles. The fourth-order valence-corrected chi connectivity index (χ4v) is 0.848. The Kier molecular flexibility index (Phi) is 7.17. The number of carbonyl (C=O) groups excluding carboxylic acids is 1. The summed E-state index contributed by atoms with van der Waals surface area (Å²) in [5.74, 6) is -0.275. The summed E-state index contributed by atoms with van der Waals surface area (Å²) in [6.45, 7) is 5.70. The van der Waals surface area contributed by atoms with Crippen LogP contribution in [0.3, 0.4) is 0 Å². The van der Waals surface area contributed by atoms with E-state index in [2.05, 4.69) is 16.9 Å². The van der Waals surface area contributed by atoms with Gasteiger partial charge in [-0.2, -0.15) is 0 Å². The van der Waals surface area contributed by atoms with E-state index in [1.54, 1.807) is 13.1 Å². The van der Waals surface area contributed by atoms with Crippen LogP contribution in [-0.4, -0.2) is 23.9 Å². The molecule has 1 amide bonds. The van der Waals surface area contributed by atoms with Crippen molar-refractivity contribution < 1.29 is 10.0 Å². The third kappa shape index (κ3) is 5.61. The largest absolute Gasteiger partial charge is 0.382 e. The van der Waals surface area contributed by atoms with Crippen LogP contribution in [0, 0.1) is 0 Å². The van der Waals surface area contributed by atoms with Crippen molar-refractivity contribution in [3.8, 4) is 0 Å². The van der Waals surface area contributed by atoms with Crippen molar-refractivity contribution in [3.63, 3.8) is 0 Å². The van der Waals surface area contributed by atoms with Crippen LogP contribution in [0.25, 0.3) is 0 Å². The number of aliphatic imine (C=N–C) groups is 1. The minimum atomic E-state index is -0.592. The summed E-state index contributed by atoms with van der Waals surface area (Å²) in [6.07, 6.45) is 5.81. The van der Waals surface area contributed by atoms with Crippen LogP contribution in [0.15, 0.2) is 41.3 Å². The molecule has 0 spiro atoms. The van der Waals surface area contributed by atoms with Crippen molar-refractivity contribution in [1.29, 1.82) is 0 Å². The molecule has 0 aromatic heterocycles. The lowest BCUT2D eigenvalue weighted by Crippen LogP contribution is -2.18. The first-order valence-corrected chi connectivity index (χ1v) is 4.61. The summed E-state index contributed by atoms with van der Waals surface area (Å²) in [6, 6.07) is 0. The number of carbonyl (C=O) groups is 1. The molecule has 0 aromatic carbocycles. The monoisotopic (exact) mass is 224 g/mol. The van der Waals surface area contributed by atoms with E-state index in [0.29, 0.717) is 18.1 Å². The van der Waals surface area contributed by atoms with E-state index >= 15 is 0 Å². The summed E-state index contributed by atoms with van der Waals surface area (Å²) in [4.78, 5) is 14.5. The van der Waals surface area contributed by atoms with Gasteiger partial charge in [-0.3, -0.25) is 10.0 Å². The van der Waals surface area contributed by atoms with E-state index in [1.807, 2.05) is 0 Å². The molecular formula is C10H16N4O2. The fraction of sp³-hybridized carbons (Fsp3) is 0.200. The summed E-state index contributed by atoms with van der Waals surface area (Å²) < 4.78 is 0. The molecular weight excluding hydrogens is 208 g/mol. The van der Waals surface area contributed by atoms with E-state index < -0.39 is 5.91 Å². The van der Waals surface area contributed by atoms with E-state index in [0.717, 1.165) is 0 Å². The lowest BCUT2D eigenvalue weighted by molar-refractivity contribution is -0.124. The molecule has 0 unspecified atom stereocenters. The van der Waals surface area contributed by atoms with Gasteiger partial charge in [-0.15, -0.1) is 0 Å². The van der Waals surface area contributed by atoms with E-state index in [9.17, 15) is 4.79 Å². The predicted octanol–water partition coefficient (Wildman–Crippen LogP) is 0.0421. The van der Waals surface area contributed by atoms with Crippen molar-refractivity contribution in [2.24, 2.45) is 10.7 Å². The molecule has 0 saturated carbocycles. The number of hydrogen-bond donors (Lipinski definition) is 4. The number of nitrogens with two attached hydrogens (primary N) is 1. The minimum Gasteiger partial charge on any atom is -0.382 e. The third-order valence-electron chi connectivity index (χ3n) is 1.54. The Bertz CT molecular complexity index is 332. The van der Waals surface area contributed by atoms with Crippen LogP contribution in [0.1, 0.15) is 6.92 Å². The number of amides is 1. The Balaban J connectivity index is 4.27. The predicted molar refractivity (Wildman–Crippen MR) is 62.6 cm³/mol. The molecule has 6 nitrogen and oxygen atoms in total. The SMILES string of the molecule is C=C/C(NC/C=C/C(=O)NO)=C(N)\N=C/C. The minimum absolute atomic E-state index is 0.317. The van der Waals surface area contributed by atoms with Crippen LogP contribution < -0.4 is 16.5 Å². The van der Waals surface area contributed by atoms with Gasteiger partial charge in [0.2, 0.25) is 0 Å². The van der Waals surface area contributed by atoms with Crippen molar-refractivity contribution in [3.05, 3.63) is 36.3 Å². The first kappa shape index (κ1) is 13.9. The maximum Gasteiger partial charge on any atom is 0.267 e. The quantitative estimate of drug-likeness (QED) is 0.168. The van der Waals surface area contributed by atoms with E-state index in [-0.39, 0.29) is 0 Å². The lowest BCUT2D eigenvalue weighted by atomic mass is 10.4. The van der Waals surface area contributed by atoms with Gasteiger partial charge in [0.05, 0.1) is 5.70 Å². The zero-order valence-corrected chi connectivity index (χ0v) is 9.10. The molecule has 16 heavy (non-hydrogen) atoms. The molecule has 0 saturated heterocycles. The second-order valence-corrected chi connectivity index (χ2v) is 2.65. The Morgan fingerprint density at radius 1 is 1.62 bits per heavy atom. The molecule has 0 bridgehead atoms. The zero-order valence-electron chi connectivity index (χ0n) is 9.10. The number of nitrogens with zero attached hydrogens (tertiary/aromatic N) is 1. The molecule has 6 heteroatoms. The highest BCUT2D eigenvalue weighted by molar-refractivity contribution is 5.86.